The fourth-order valence-corrected chi connectivity index (χ4v) is 4.04. The predicted molar refractivity (Wildman–Crippen MR) is 82.8 cm³/mol. The first-order chi connectivity index (χ1) is 8.34. The normalized spacial score (nSPS) is 11.6. The Kier molecular flexibility index (Phi) is 3.14. The van der Waals surface area contributed by atoms with E-state index in [0.717, 1.165) is 0 Å². The quantitative estimate of drug-likeness (QED) is 0.551. The smallest absolute Gasteiger partial charge is 0.0412 e. The second kappa shape index (κ2) is 4.77. The molecular weight excluding hydrogens is 312 g/mol. The Labute approximate surface area is 116 Å². The number of fused-ring (bicyclic) bond motifs is 1. The van der Waals surface area contributed by atoms with Crippen molar-refractivity contribution < 1.29 is 0 Å². The van der Waals surface area contributed by atoms with E-state index >= 15 is 0 Å². The highest BCUT2D eigenvalue weighted by Gasteiger charge is 2.00. The third-order valence-electron chi connectivity index (χ3n) is 2.57. The average Bonchev–Trinajstić information content (AvgIpc) is 2.93. The van der Waals surface area contributed by atoms with Gasteiger partial charge in [0.1, 0.15) is 0 Å². The van der Waals surface area contributed by atoms with Crippen LogP contribution < -0.4 is 0 Å². The summed E-state index contributed by atoms with van der Waals surface area (Å²) in [6.45, 7) is 0. The molecule has 2 aromatic heterocycles. The fraction of sp³-hybridized carbons (Fsp3) is 0. The second-order valence-corrected chi connectivity index (χ2v) is 6.37. The topological polar surface area (TPSA) is 0 Å². The summed E-state index contributed by atoms with van der Waals surface area (Å²) in [5, 5.41) is 5.64. The van der Waals surface area contributed by atoms with Crippen LogP contribution in [0.5, 0.6) is 0 Å². The summed E-state index contributed by atoms with van der Waals surface area (Å²) in [5.41, 5.74) is 1.30. The maximum atomic E-state index is 3.54. The minimum atomic E-state index is 1.17. The number of hydrogen-bond acceptors (Lipinski definition) is 2. The summed E-state index contributed by atoms with van der Waals surface area (Å²) in [6, 6.07) is 10.6. The van der Waals surface area contributed by atoms with Crippen molar-refractivity contribution in [3.05, 3.63) is 56.0 Å². The first-order valence-corrected chi connectivity index (χ1v) is 7.77. The van der Waals surface area contributed by atoms with Crippen LogP contribution in [0.25, 0.3) is 22.2 Å². The number of benzene rings is 1. The molecule has 1 aromatic carbocycles. The van der Waals surface area contributed by atoms with E-state index in [0.29, 0.717) is 0 Å². The molecule has 3 rings (SSSR count). The maximum absolute atomic E-state index is 3.54. The Hall–Kier alpha value is -0.900. The van der Waals surface area contributed by atoms with E-state index in [1.165, 1.54) is 25.0 Å². The lowest BCUT2D eigenvalue weighted by atomic mass is 10.1. The summed E-state index contributed by atoms with van der Waals surface area (Å²) in [7, 11) is 0. The van der Waals surface area contributed by atoms with Crippen molar-refractivity contribution in [3.8, 4) is 0 Å². The van der Waals surface area contributed by atoms with Crippen molar-refractivity contribution in [2.75, 3.05) is 0 Å². The zero-order chi connectivity index (χ0) is 11.7. The van der Waals surface area contributed by atoms with E-state index in [-0.39, 0.29) is 0 Å². The van der Waals surface area contributed by atoms with Gasteiger partial charge in [0.2, 0.25) is 0 Å². The predicted octanol–water partition coefficient (Wildman–Crippen LogP) is 5.90. The highest BCUT2D eigenvalue weighted by molar-refractivity contribution is 9.10. The van der Waals surface area contributed by atoms with Crippen molar-refractivity contribution in [1.29, 1.82) is 0 Å². The molecule has 2 heterocycles. The summed E-state index contributed by atoms with van der Waals surface area (Å²) < 4.78 is 2.51. The SMILES string of the molecule is Brc1ccsc1/C=C/c1csc2ccccc12. The second-order valence-electron chi connectivity index (χ2n) is 3.65. The van der Waals surface area contributed by atoms with Gasteiger partial charge in [-0.2, -0.15) is 0 Å². The van der Waals surface area contributed by atoms with Crippen LogP contribution in [0.1, 0.15) is 10.4 Å². The van der Waals surface area contributed by atoms with Gasteiger partial charge >= 0.3 is 0 Å². The highest BCUT2D eigenvalue weighted by Crippen LogP contribution is 2.29. The first kappa shape index (κ1) is 11.2. The Morgan fingerprint density at radius 1 is 1.00 bits per heavy atom. The third kappa shape index (κ3) is 2.23. The Morgan fingerprint density at radius 2 is 1.88 bits per heavy atom. The van der Waals surface area contributed by atoms with Gasteiger partial charge in [-0.05, 0) is 55.8 Å². The van der Waals surface area contributed by atoms with E-state index in [4.69, 9.17) is 0 Å². The minimum absolute atomic E-state index is 1.17. The molecular formula is C14H9BrS2. The lowest BCUT2D eigenvalue weighted by molar-refractivity contribution is 1.82. The van der Waals surface area contributed by atoms with Gasteiger partial charge in [-0.25, -0.2) is 0 Å². The third-order valence-corrected chi connectivity index (χ3v) is 5.39. The molecule has 0 saturated heterocycles. The van der Waals surface area contributed by atoms with Crippen molar-refractivity contribution >= 4 is 60.8 Å². The first-order valence-electron chi connectivity index (χ1n) is 5.22. The van der Waals surface area contributed by atoms with Gasteiger partial charge in [0.05, 0.1) is 0 Å². The van der Waals surface area contributed by atoms with Gasteiger partial charge < -0.3 is 0 Å². The molecule has 0 unspecified atom stereocenters. The van der Waals surface area contributed by atoms with Crippen LogP contribution in [-0.4, -0.2) is 0 Å². The standard InChI is InChI=1S/C14H9BrS2/c15-12-7-8-16-14(12)6-5-10-9-17-13-4-2-1-3-11(10)13/h1-9H/b6-5+. The fourth-order valence-electron chi connectivity index (χ4n) is 1.72. The van der Waals surface area contributed by atoms with E-state index < -0.39 is 0 Å². The Morgan fingerprint density at radius 3 is 2.71 bits per heavy atom. The van der Waals surface area contributed by atoms with Gasteiger partial charge in [-0.15, -0.1) is 22.7 Å². The molecule has 3 aromatic rings. The lowest BCUT2D eigenvalue weighted by Crippen LogP contribution is -1.67. The van der Waals surface area contributed by atoms with Crippen LogP contribution in [0.2, 0.25) is 0 Å². The molecule has 0 aliphatic rings. The van der Waals surface area contributed by atoms with Crippen LogP contribution in [0.15, 0.2) is 45.6 Å². The summed E-state index contributed by atoms with van der Waals surface area (Å²) in [6.07, 6.45) is 4.36. The number of halogens is 1. The molecule has 0 atom stereocenters. The van der Waals surface area contributed by atoms with Gasteiger partial charge in [0.25, 0.3) is 0 Å². The largest absolute Gasteiger partial charge is 0.143 e. The minimum Gasteiger partial charge on any atom is -0.143 e. The summed E-state index contributed by atoms with van der Waals surface area (Å²) in [5.74, 6) is 0. The highest BCUT2D eigenvalue weighted by atomic mass is 79.9. The monoisotopic (exact) mass is 320 g/mol. The molecule has 0 aliphatic heterocycles. The Bertz CT molecular complexity index is 676. The van der Waals surface area contributed by atoms with Crippen LogP contribution in [0, 0.1) is 0 Å². The zero-order valence-electron chi connectivity index (χ0n) is 8.89. The van der Waals surface area contributed by atoms with E-state index in [1.54, 1.807) is 22.7 Å². The lowest BCUT2D eigenvalue weighted by Gasteiger charge is -1.91. The molecule has 0 fully saturated rings. The van der Waals surface area contributed by atoms with E-state index in [1.807, 2.05) is 0 Å². The van der Waals surface area contributed by atoms with Crippen molar-refractivity contribution in [1.82, 2.24) is 0 Å². The van der Waals surface area contributed by atoms with Crippen LogP contribution in [0.4, 0.5) is 0 Å². The van der Waals surface area contributed by atoms with Crippen LogP contribution in [0.3, 0.4) is 0 Å². The van der Waals surface area contributed by atoms with Gasteiger partial charge in [0.15, 0.2) is 0 Å². The summed E-state index contributed by atoms with van der Waals surface area (Å²) >= 11 is 7.08. The molecule has 0 bridgehead atoms. The molecule has 3 heteroatoms. The number of thiophene rings is 2. The van der Waals surface area contributed by atoms with Crippen molar-refractivity contribution in [3.63, 3.8) is 0 Å². The van der Waals surface area contributed by atoms with Gasteiger partial charge in [-0.1, -0.05) is 24.3 Å². The molecule has 0 aliphatic carbocycles. The molecule has 84 valence electrons. The molecule has 0 nitrogen and oxygen atoms in total. The molecule has 17 heavy (non-hydrogen) atoms. The zero-order valence-corrected chi connectivity index (χ0v) is 12.1. The maximum Gasteiger partial charge on any atom is 0.0412 e. The average molecular weight is 321 g/mol. The molecule has 0 amide bonds. The molecule has 0 N–H and O–H groups in total. The van der Waals surface area contributed by atoms with Crippen LogP contribution in [-0.2, 0) is 0 Å². The Balaban J connectivity index is 2.00. The number of hydrogen-bond donors (Lipinski definition) is 0. The van der Waals surface area contributed by atoms with E-state index in [2.05, 4.69) is 69.2 Å². The summed E-state index contributed by atoms with van der Waals surface area (Å²) in [4.78, 5) is 1.26. The number of rotatable bonds is 2. The van der Waals surface area contributed by atoms with Crippen molar-refractivity contribution in [2.24, 2.45) is 0 Å². The van der Waals surface area contributed by atoms with Gasteiger partial charge in [0, 0.05) is 14.0 Å². The molecule has 0 saturated carbocycles. The van der Waals surface area contributed by atoms with Gasteiger partial charge in [-0.3, -0.25) is 0 Å². The van der Waals surface area contributed by atoms with Crippen molar-refractivity contribution in [2.45, 2.75) is 0 Å². The van der Waals surface area contributed by atoms with E-state index in [9.17, 15) is 0 Å². The van der Waals surface area contributed by atoms with Crippen LogP contribution >= 0.6 is 38.6 Å². The molecule has 0 spiro atoms. The molecule has 0 radical (unpaired) electrons.